The lowest BCUT2D eigenvalue weighted by atomic mass is 10.3. The van der Waals surface area contributed by atoms with Gasteiger partial charge in [-0.1, -0.05) is 0 Å². The van der Waals surface area contributed by atoms with E-state index in [1.165, 1.54) is 0 Å². The van der Waals surface area contributed by atoms with E-state index in [1.807, 2.05) is 13.0 Å². The first-order chi connectivity index (χ1) is 8.34. The minimum absolute atomic E-state index is 0.874. The third-order valence-corrected chi connectivity index (χ3v) is 2.86. The van der Waals surface area contributed by atoms with Crippen molar-refractivity contribution in [3.05, 3.63) is 18.1 Å². The van der Waals surface area contributed by atoms with E-state index in [0.717, 1.165) is 57.3 Å². The first-order valence-electron chi connectivity index (χ1n) is 6.17. The zero-order valence-electron chi connectivity index (χ0n) is 10.4. The number of nitrogens with one attached hydrogen (secondary N) is 1. The van der Waals surface area contributed by atoms with Crippen LogP contribution in [0.4, 0.5) is 5.82 Å². The summed E-state index contributed by atoms with van der Waals surface area (Å²) in [7, 11) is 0. The topological polar surface area (TPSA) is 50.3 Å². The minimum Gasteiger partial charge on any atom is -0.379 e. The molecule has 1 saturated heterocycles. The lowest BCUT2D eigenvalue weighted by molar-refractivity contribution is 0.0378. The Bertz CT molecular complexity index is 339. The summed E-state index contributed by atoms with van der Waals surface area (Å²) >= 11 is 0. The molecule has 0 spiro atoms. The Kier molecular flexibility index (Phi) is 4.70. The van der Waals surface area contributed by atoms with E-state index in [9.17, 15) is 0 Å². The van der Waals surface area contributed by atoms with Crippen LogP contribution in [0.3, 0.4) is 0 Å². The summed E-state index contributed by atoms with van der Waals surface area (Å²) in [5.74, 6) is 0.916. The fraction of sp³-hybridized carbons (Fsp3) is 0.667. The minimum atomic E-state index is 0.874. The van der Waals surface area contributed by atoms with Gasteiger partial charge in [-0.15, -0.1) is 0 Å². The van der Waals surface area contributed by atoms with Crippen LogP contribution in [-0.4, -0.2) is 54.3 Å². The molecule has 1 aromatic heterocycles. The molecule has 0 amide bonds. The van der Waals surface area contributed by atoms with E-state index >= 15 is 0 Å². The van der Waals surface area contributed by atoms with Crippen LogP contribution >= 0.6 is 0 Å². The van der Waals surface area contributed by atoms with Crippen molar-refractivity contribution in [2.24, 2.45) is 0 Å². The summed E-state index contributed by atoms with van der Waals surface area (Å²) in [4.78, 5) is 10.7. The number of ether oxygens (including phenoxy) is 1. The Morgan fingerprint density at radius 2 is 2.18 bits per heavy atom. The molecule has 0 aromatic carbocycles. The third-order valence-electron chi connectivity index (χ3n) is 2.86. The zero-order valence-corrected chi connectivity index (χ0v) is 10.4. The molecule has 0 atom stereocenters. The monoisotopic (exact) mass is 236 g/mol. The van der Waals surface area contributed by atoms with E-state index in [-0.39, 0.29) is 0 Å². The lowest BCUT2D eigenvalue weighted by Gasteiger charge is -2.26. The summed E-state index contributed by atoms with van der Waals surface area (Å²) in [6, 6.07) is 1.97. The van der Waals surface area contributed by atoms with Crippen LogP contribution < -0.4 is 5.32 Å². The van der Waals surface area contributed by atoms with Gasteiger partial charge in [-0.05, 0) is 19.9 Å². The highest BCUT2D eigenvalue weighted by Crippen LogP contribution is 2.03. The second-order valence-corrected chi connectivity index (χ2v) is 4.28. The lowest BCUT2D eigenvalue weighted by Crippen LogP contribution is -2.37. The summed E-state index contributed by atoms with van der Waals surface area (Å²) in [6.45, 7) is 7.92. The third kappa shape index (κ3) is 4.28. The van der Waals surface area contributed by atoms with E-state index in [1.54, 1.807) is 6.33 Å². The first-order valence-corrected chi connectivity index (χ1v) is 6.17. The maximum atomic E-state index is 5.31. The van der Waals surface area contributed by atoms with Crippen molar-refractivity contribution < 1.29 is 4.74 Å². The molecule has 0 unspecified atom stereocenters. The molecule has 5 heteroatoms. The molecule has 1 aliphatic heterocycles. The second-order valence-electron chi connectivity index (χ2n) is 4.28. The van der Waals surface area contributed by atoms with Crippen molar-refractivity contribution >= 4 is 5.82 Å². The van der Waals surface area contributed by atoms with Gasteiger partial charge < -0.3 is 10.1 Å². The molecule has 17 heavy (non-hydrogen) atoms. The van der Waals surface area contributed by atoms with Gasteiger partial charge in [0.15, 0.2) is 0 Å². The maximum absolute atomic E-state index is 5.31. The smallest absolute Gasteiger partial charge is 0.129 e. The maximum Gasteiger partial charge on any atom is 0.129 e. The average Bonchev–Trinajstić information content (AvgIpc) is 2.36. The van der Waals surface area contributed by atoms with Crippen molar-refractivity contribution in [1.29, 1.82) is 0 Å². The summed E-state index contributed by atoms with van der Waals surface area (Å²) in [5.41, 5.74) is 0.996. The van der Waals surface area contributed by atoms with Gasteiger partial charge in [-0.25, -0.2) is 9.97 Å². The Morgan fingerprint density at radius 3 is 2.94 bits per heavy atom. The van der Waals surface area contributed by atoms with Crippen LogP contribution in [0, 0.1) is 6.92 Å². The SMILES string of the molecule is Cc1cc(NCCCN2CCOCC2)ncn1. The quantitative estimate of drug-likeness (QED) is 0.770. The predicted octanol–water partition coefficient (Wildman–Crippen LogP) is 0.919. The summed E-state index contributed by atoms with van der Waals surface area (Å²) in [6.07, 6.45) is 2.72. The Labute approximate surface area is 102 Å². The summed E-state index contributed by atoms with van der Waals surface area (Å²) < 4.78 is 5.31. The van der Waals surface area contributed by atoms with Gasteiger partial charge in [0.25, 0.3) is 0 Å². The average molecular weight is 236 g/mol. The molecule has 5 nitrogen and oxygen atoms in total. The largest absolute Gasteiger partial charge is 0.379 e. The Morgan fingerprint density at radius 1 is 1.35 bits per heavy atom. The van der Waals surface area contributed by atoms with E-state index in [0.29, 0.717) is 0 Å². The molecule has 1 fully saturated rings. The number of aromatic nitrogens is 2. The van der Waals surface area contributed by atoms with Crippen molar-refractivity contribution in [3.63, 3.8) is 0 Å². The fourth-order valence-corrected chi connectivity index (χ4v) is 1.90. The van der Waals surface area contributed by atoms with Gasteiger partial charge >= 0.3 is 0 Å². The number of hydrogen-bond acceptors (Lipinski definition) is 5. The number of anilines is 1. The van der Waals surface area contributed by atoms with E-state index < -0.39 is 0 Å². The zero-order chi connectivity index (χ0) is 11.9. The van der Waals surface area contributed by atoms with Gasteiger partial charge in [-0.3, -0.25) is 4.90 Å². The van der Waals surface area contributed by atoms with Crippen LogP contribution in [0.25, 0.3) is 0 Å². The number of aryl methyl sites for hydroxylation is 1. The van der Waals surface area contributed by atoms with Gasteiger partial charge in [0.1, 0.15) is 12.1 Å². The molecule has 2 heterocycles. The molecule has 1 aromatic rings. The van der Waals surface area contributed by atoms with Crippen LogP contribution in [0.2, 0.25) is 0 Å². The van der Waals surface area contributed by atoms with Crippen LogP contribution in [-0.2, 0) is 4.74 Å². The molecule has 0 radical (unpaired) electrons. The van der Waals surface area contributed by atoms with Crippen molar-refractivity contribution in [2.45, 2.75) is 13.3 Å². The number of hydrogen-bond donors (Lipinski definition) is 1. The Balaban J connectivity index is 1.62. The van der Waals surface area contributed by atoms with E-state index in [2.05, 4.69) is 20.2 Å². The van der Waals surface area contributed by atoms with Gasteiger partial charge in [-0.2, -0.15) is 0 Å². The van der Waals surface area contributed by atoms with Crippen LogP contribution in [0.5, 0.6) is 0 Å². The fourth-order valence-electron chi connectivity index (χ4n) is 1.90. The molecule has 0 bridgehead atoms. The van der Waals surface area contributed by atoms with Crippen molar-refractivity contribution in [2.75, 3.05) is 44.7 Å². The van der Waals surface area contributed by atoms with Crippen molar-refractivity contribution in [3.8, 4) is 0 Å². The van der Waals surface area contributed by atoms with Gasteiger partial charge in [0.05, 0.1) is 13.2 Å². The highest BCUT2D eigenvalue weighted by Gasteiger charge is 2.08. The number of rotatable bonds is 5. The second kappa shape index (κ2) is 6.51. The first kappa shape index (κ1) is 12.3. The highest BCUT2D eigenvalue weighted by molar-refractivity contribution is 5.34. The molecule has 1 N–H and O–H groups in total. The normalized spacial score (nSPS) is 17.0. The molecule has 0 saturated carbocycles. The van der Waals surface area contributed by atoms with E-state index in [4.69, 9.17) is 4.74 Å². The van der Waals surface area contributed by atoms with Crippen LogP contribution in [0.1, 0.15) is 12.1 Å². The van der Waals surface area contributed by atoms with Crippen LogP contribution in [0.15, 0.2) is 12.4 Å². The van der Waals surface area contributed by atoms with Gasteiger partial charge in [0.2, 0.25) is 0 Å². The van der Waals surface area contributed by atoms with Gasteiger partial charge in [0, 0.05) is 31.4 Å². The summed E-state index contributed by atoms with van der Waals surface area (Å²) in [5, 5.41) is 3.32. The molecule has 1 aliphatic rings. The Hall–Kier alpha value is -1.20. The molecular formula is C12H20N4O. The number of nitrogens with zero attached hydrogens (tertiary/aromatic N) is 3. The predicted molar refractivity (Wildman–Crippen MR) is 67.1 cm³/mol. The standard InChI is InChI=1S/C12H20N4O/c1-11-9-12(15-10-14-11)13-3-2-4-16-5-7-17-8-6-16/h9-10H,2-8H2,1H3,(H,13,14,15). The molecule has 94 valence electrons. The highest BCUT2D eigenvalue weighted by atomic mass is 16.5. The molecule has 2 rings (SSSR count). The van der Waals surface area contributed by atoms with Crippen molar-refractivity contribution in [1.82, 2.24) is 14.9 Å². The number of morpholine rings is 1. The molecule has 0 aliphatic carbocycles. The molecular weight excluding hydrogens is 216 g/mol.